The number of carbonyl (C=O) groups excluding carboxylic acids is 2. The molecule has 2 heterocycles. The van der Waals surface area contributed by atoms with Gasteiger partial charge in [-0.3, -0.25) is 9.59 Å². The van der Waals surface area contributed by atoms with Crippen molar-refractivity contribution in [2.75, 3.05) is 79.3 Å². The molecule has 2 aliphatic heterocycles. The van der Waals surface area contributed by atoms with E-state index in [-0.39, 0.29) is 86.3 Å². The van der Waals surface area contributed by atoms with Crippen LogP contribution < -0.4 is 20.1 Å². The van der Waals surface area contributed by atoms with Crippen LogP contribution in [0.15, 0.2) is 144 Å². The standard InChI is InChI=1S/C60H66N2O12.2O.U/c63-55-41-9-3-11-43(55)37-47-15-6-16-48-38-44-12-4-10-42(56(44)64)36-46-14-5-13-45(35-41)59(46)73-33-29-69-25-23-67-27-31-71-53-21-7-17-49(57(53)65)39-61-51-19-1-2-20-52(51)62-40-50-18-8-22-54(58(50)66)72-32-28-68-24-26-70-30-34-74-60(47)48;;;/h3-18,21-22,39-40,51-52,61-64H,1-2,19-20,23-38H2;;;/b49-39-,50-40?;;;/t51-,52-;;;/m0.../s1. The molecule has 2 atom stereocenters. The summed E-state index contributed by atoms with van der Waals surface area (Å²) < 4.78 is 65.4. The maximum absolute atomic E-state index is 13.4. The maximum atomic E-state index is 13.4. The number of benzene rings is 4. The average molecular weight is 1280 g/mol. The van der Waals surface area contributed by atoms with Crippen molar-refractivity contribution in [2.24, 2.45) is 0 Å². The molecule has 16 nitrogen and oxygen atoms in total. The van der Waals surface area contributed by atoms with Crippen LogP contribution in [0.1, 0.15) is 70.2 Å². The van der Waals surface area contributed by atoms with Crippen LogP contribution in [-0.4, -0.2) is 113 Å². The topological polar surface area (TPSA) is 207 Å². The van der Waals surface area contributed by atoms with Crippen LogP contribution in [0.3, 0.4) is 0 Å². The first kappa shape index (κ1) is 56.7. The van der Waals surface area contributed by atoms with Crippen molar-refractivity contribution in [3.8, 4) is 23.0 Å². The molecule has 4 aromatic rings. The van der Waals surface area contributed by atoms with E-state index in [1.165, 1.54) is 0 Å². The second kappa shape index (κ2) is 29.9. The van der Waals surface area contributed by atoms with Crippen LogP contribution in [0.4, 0.5) is 0 Å². The van der Waals surface area contributed by atoms with Gasteiger partial charge in [0.15, 0.2) is 11.5 Å². The number of carbonyl (C=O) groups is 2. The van der Waals surface area contributed by atoms with Gasteiger partial charge in [0.2, 0.25) is 11.6 Å². The van der Waals surface area contributed by atoms with E-state index in [2.05, 4.69) is 10.6 Å². The first-order valence-corrected chi connectivity index (χ1v) is 29.6. The Hall–Kier alpha value is -6.45. The number of Topliss-reactive ketones (excluding diaryl/α,β-unsaturated/α-hetero) is 2. The van der Waals surface area contributed by atoms with Crippen LogP contribution in [-0.2, 0) is 68.2 Å². The van der Waals surface area contributed by atoms with Crippen molar-refractivity contribution in [3.63, 3.8) is 0 Å². The molecule has 14 bridgehead atoms. The zero-order valence-corrected chi connectivity index (χ0v) is 47.3. The number of ketones is 2. The molecular weight excluding hydrogens is 1210 g/mol. The number of hydrogen-bond donors (Lipinski definition) is 4. The minimum absolute atomic E-state index is 0.0359. The summed E-state index contributed by atoms with van der Waals surface area (Å²) in [5.74, 6) is 1.84. The summed E-state index contributed by atoms with van der Waals surface area (Å²) in [6.45, 7) is 3.33. The predicted octanol–water partition coefficient (Wildman–Crippen LogP) is 7.71. The Labute approximate surface area is 464 Å². The first-order valence-electron chi connectivity index (χ1n) is 26.2. The summed E-state index contributed by atoms with van der Waals surface area (Å²) in [6, 6.07) is 23.7. The molecule has 77 heavy (non-hydrogen) atoms. The fourth-order valence-corrected chi connectivity index (χ4v) is 9.80. The fraction of sp³-hybridized carbons (Fsp3) is 0.367. The van der Waals surface area contributed by atoms with E-state index < -0.39 is 27.8 Å². The summed E-state index contributed by atoms with van der Waals surface area (Å²) in [7, 11) is 0. The van der Waals surface area contributed by atoms with E-state index >= 15 is 0 Å². The van der Waals surface area contributed by atoms with Crippen molar-refractivity contribution in [1.29, 1.82) is 0 Å². The summed E-state index contributed by atoms with van der Waals surface area (Å²) >= 11 is -2.51. The molecule has 0 radical (unpaired) electrons. The van der Waals surface area contributed by atoms with Crippen molar-refractivity contribution in [3.05, 3.63) is 189 Å². The Morgan fingerprint density at radius 3 is 1.06 bits per heavy atom. The van der Waals surface area contributed by atoms with Gasteiger partial charge in [-0.1, -0.05) is 97.8 Å². The molecule has 1 fully saturated rings. The number of nitrogens with one attached hydrogen (secondary N) is 2. The summed E-state index contributed by atoms with van der Waals surface area (Å²) in [4.78, 5) is 26.8. The van der Waals surface area contributed by atoms with Gasteiger partial charge in [0, 0.05) is 61.3 Å². The Kier molecular flexibility index (Phi) is 22.0. The monoisotopic (exact) mass is 1280 g/mol. The van der Waals surface area contributed by atoms with Gasteiger partial charge in [0.05, 0.1) is 52.9 Å². The number of rotatable bonds is 0. The van der Waals surface area contributed by atoms with E-state index in [0.29, 0.717) is 88.0 Å². The number of phenols is 2. The molecular formula is C60H66N2O14U. The number of para-hydroxylation sites is 4. The summed E-state index contributed by atoms with van der Waals surface area (Å²) in [6.07, 6.45) is 19.5. The van der Waals surface area contributed by atoms with E-state index in [9.17, 15) is 19.8 Å². The number of phenolic OH excluding ortho intramolecular Hbond substituents is 2. The van der Waals surface area contributed by atoms with Gasteiger partial charge in [-0.25, -0.2) is 0 Å². The molecule has 10 rings (SSSR count). The van der Waals surface area contributed by atoms with Crippen molar-refractivity contribution >= 4 is 11.6 Å². The number of allylic oxidation sites excluding steroid dienone is 8. The molecule has 0 unspecified atom stereocenters. The molecule has 404 valence electrons. The van der Waals surface area contributed by atoms with Crippen molar-refractivity contribution < 1.29 is 90.0 Å². The predicted molar refractivity (Wildman–Crippen MR) is 281 cm³/mol. The SMILES string of the molecule is O=C1C2=CN[C@H]3CCCC[C@@H]3N/C=C3/C=CC=C(OCCOCCOCCOc4c5cccc4Cc4cccc(c4O)Cc4cccc(c4OCCOCCOCCOC1=CC=C2)Cc1cccc(c1O)C5)C3=O.[O]=[U]=[O]. The number of ether oxygens (including phenoxy) is 8. The Bertz CT molecular complexity index is 2640. The normalized spacial score (nSPS) is 20.9. The van der Waals surface area contributed by atoms with Crippen molar-refractivity contribution in [1.82, 2.24) is 10.6 Å². The number of hydrogen-bond acceptors (Lipinski definition) is 16. The minimum atomic E-state index is -2.51. The Morgan fingerprint density at radius 2 is 0.727 bits per heavy atom. The zero-order chi connectivity index (χ0) is 53.6. The second-order valence-corrected chi connectivity index (χ2v) is 19.5. The van der Waals surface area contributed by atoms with E-state index in [1.54, 1.807) is 48.9 Å². The van der Waals surface area contributed by atoms with Gasteiger partial charge >= 0.3 is 32.3 Å². The third kappa shape index (κ3) is 16.1. The first-order chi connectivity index (χ1) is 37.8. The quantitative estimate of drug-likeness (QED) is 0.110. The Balaban J connectivity index is 0.00000255. The molecule has 4 N–H and O–H groups in total. The van der Waals surface area contributed by atoms with E-state index in [1.807, 2.05) is 72.8 Å². The third-order valence-corrected chi connectivity index (χ3v) is 13.6. The molecule has 17 heteroatoms. The van der Waals surface area contributed by atoms with Crippen LogP contribution >= 0.6 is 0 Å². The molecule has 0 aromatic heterocycles. The van der Waals surface area contributed by atoms with Gasteiger partial charge < -0.3 is 58.7 Å². The zero-order valence-electron chi connectivity index (χ0n) is 43.1. The third-order valence-electron chi connectivity index (χ3n) is 13.6. The molecule has 0 spiro atoms. The van der Waals surface area contributed by atoms with Gasteiger partial charge in [-0.15, -0.1) is 0 Å². The van der Waals surface area contributed by atoms with Gasteiger partial charge in [0.25, 0.3) is 0 Å². The molecule has 6 aliphatic rings. The van der Waals surface area contributed by atoms with Crippen LogP contribution in [0.2, 0.25) is 0 Å². The number of aromatic hydroxyl groups is 2. The molecule has 1 saturated carbocycles. The molecule has 0 amide bonds. The van der Waals surface area contributed by atoms with Gasteiger partial charge in [-0.05, 0) is 81.7 Å². The summed E-state index contributed by atoms with van der Waals surface area (Å²) in [5, 5.41) is 30.7. The Morgan fingerprint density at radius 1 is 0.429 bits per heavy atom. The number of fused-ring (bicyclic) bond motifs is 20. The second-order valence-electron chi connectivity index (χ2n) is 18.8. The van der Waals surface area contributed by atoms with Gasteiger partial charge in [0.1, 0.15) is 49.4 Å². The summed E-state index contributed by atoms with van der Waals surface area (Å²) in [5.41, 5.74) is 7.56. The average Bonchev–Trinajstić information content (AvgIpc) is 3.43. The van der Waals surface area contributed by atoms with Gasteiger partial charge in [-0.2, -0.15) is 0 Å². The van der Waals surface area contributed by atoms with Crippen molar-refractivity contribution in [2.45, 2.75) is 63.5 Å². The van der Waals surface area contributed by atoms with E-state index in [0.717, 1.165) is 70.2 Å². The van der Waals surface area contributed by atoms with Crippen LogP contribution in [0, 0.1) is 27.8 Å². The molecule has 4 aliphatic carbocycles. The van der Waals surface area contributed by atoms with Crippen LogP contribution in [0.5, 0.6) is 23.0 Å². The van der Waals surface area contributed by atoms with Crippen LogP contribution in [0.25, 0.3) is 0 Å². The molecule has 0 saturated heterocycles. The molecule has 4 aromatic carbocycles. The van der Waals surface area contributed by atoms with E-state index in [4.69, 9.17) is 42.4 Å². The fourth-order valence-electron chi connectivity index (χ4n) is 9.80.